The van der Waals surface area contributed by atoms with E-state index in [4.69, 9.17) is 4.74 Å². The van der Waals surface area contributed by atoms with Crippen molar-refractivity contribution in [2.75, 3.05) is 7.11 Å². The maximum absolute atomic E-state index is 9.57. The Hall–Kier alpha value is -2.40. The largest absolute Gasteiger partial charge is 0.497 e. The van der Waals surface area contributed by atoms with Crippen LogP contribution in [0.5, 0.6) is 5.75 Å². The first-order valence-electron chi connectivity index (χ1n) is 5.91. The summed E-state index contributed by atoms with van der Waals surface area (Å²) in [4.78, 5) is 4.25. The second-order valence-electron chi connectivity index (χ2n) is 4.11. The van der Waals surface area contributed by atoms with Gasteiger partial charge in [-0.3, -0.25) is 0 Å². The fraction of sp³-hybridized carbons (Fsp3) is 0.143. The first-order chi connectivity index (χ1) is 9.33. The van der Waals surface area contributed by atoms with Crippen molar-refractivity contribution in [3.63, 3.8) is 0 Å². The molecule has 2 aromatic heterocycles. The SMILES string of the molecule is COc1cccc(-c2nn3cccnc3c2CO)c1. The van der Waals surface area contributed by atoms with Crippen LogP contribution in [-0.4, -0.2) is 26.8 Å². The molecule has 0 saturated carbocycles. The summed E-state index contributed by atoms with van der Waals surface area (Å²) < 4.78 is 6.88. The first kappa shape index (κ1) is 11.7. The third-order valence-electron chi connectivity index (χ3n) is 2.99. The van der Waals surface area contributed by atoms with Gasteiger partial charge in [0.05, 0.1) is 19.3 Å². The van der Waals surface area contributed by atoms with Crippen LogP contribution < -0.4 is 4.74 Å². The number of rotatable bonds is 3. The van der Waals surface area contributed by atoms with Crippen LogP contribution >= 0.6 is 0 Å². The van der Waals surface area contributed by atoms with Crippen molar-refractivity contribution >= 4 is 5.65 Å². The number of hydrogen-bond acceptors (Lipinski definition) is 4. The molecule has 0 saturated heterocycles. The minimum absolute atomic E-state index is 0.104. The van der Waals surface area contributed by atoms with Gasteiger partial charge in [-0.2, -0.15) is 5.10 Å². The van der Waals surface area contributed by atoms with Crippen LogP contribution in [0.3, 0.4) is 0 Å². The van der Waals surface area contributed by atoms with E-state index in [1.165, 1.54) is 0 Å². The van der Waals surface area contributed by atoms with Gasteiger partial charge in [-0.15, -0.1) is 0 Å². The molecule has 3 aromatic rings. The summed E-state index contributed by atoms with van der Waals surface area (Å²) in [6, 6.07) is 9.39. The molecule has 3 rings (SSSR count). The van der Waals surface area contributed by atoms with Crippen LogP contribution in [-0.2, 0) is 6.61 Å². The smallest absolute Gasteiger partial charge is 0.161 e. The molecule has 2 heterocycles. The standard InChI is InChI=1S/C14H13N3O2/c1-19-11-5-2-4-10(8-11)13-12(9-18)14-15-6-3-7-17(14)16-13/h2-8,18H,9H2,1H3. The van der Waals surface area contributed by atoms with Crippen LogP contribution in [0.2, 0.25) is 0 Å². The highest BCUT2D eigenvalue weighted by Gasteiger charge is 2.14. The molecule has 5 nitrogen and oxygen atoms in total. The van der Waals surface area contributed by atoms with E-state index in [1.807, 2.05) is 30.5 Å². The van der Waals surface area contributed by atoms with Gasteiger partial charge in [0.15, 0.2) is 5.65 Å². The Morgan fingerprint density at radius 1 is 1.32 bits per heavy atom. The molecule has 0 aliphatic heterocycles. The van der Waals surface area contributed by atoms with Gasteiger partial charge in [-0.1, -0.05) is 12.1 Å². The van der Waals surface area contributed by atoms with Crippen molar-refractivity contribution < 1.29 is 9.84 Å². The van der Waals surface area contributed by atoms with Crippen molar-refractivity contribution in [1.82, 2.24) is 14.6 Å². The Labute approximate surface area is 110 Å². The normalized spacial score (nSPS) is 10.8. The minimum atomic E-state index is -0.104. The molecule has 5 heteroatoms. The van der Waals surface area contributed by atoms with Gasteiger partial charge in [-0.25, -0.2) is 9.50 Å². The van der Waals surface area contributed by atoms with Gasteiger partial charge >= 0.3 is 0 Å². The first-order valence-corrected chi connectivity index (χ1v) is 5.91. The van der Waals surface area contributed by atoms with Crippen LogP contribution in [0.15, 0.2) is 42.7 Å². The van der Waals surface area contributed by atoms with Crippen molar-refractivity contribution in [1.29, 1.82) is 0 Å². The van der Waals surface area contributed by atoms with Crippen LogP contribution in [0.4, 0.5) is 0 Å². The summed E-state index contributed by atoms with van der Waals surface area (Å²) in [6.07, 6.45) is 3.50. The van der Waals surface area contributed by atoms with E-state index in [1.54, 1.807) is 23.9 Å². The molecular weight excluding hydrogens is 242 g/mol. The second kappa shape index (κ2) is 4.70. The van der Waals surface area contributed by atoms with E-state index >= 15 is 0 Å². The van der Waals surface area contributed by atoms with E-state index in [0.717, 1.165) is 17.0 Å². The molecule has 0 fully saturated rings. The fourth-order valence-corrected chi connectivity index (χ4v) is 2.08. The summed E-state index contributed by atoms with van der Waals surface area (Å²) in [5.74, 6) is 0.756. The highest BCUT2D eigenvalue weighted by molar-refractivity contribution is 5.71. The van der Waals surface area contributed by atoms with Crippen LogP contribution in [0, 0.1) is 0 Å². The van der Waals surface area contributed by atoms with Crippen molar-refractivity contribution in [2.24, 2.45) is 0 Å². The minimum Gasteiger partial charge on any atom is -0.497 e. The molecule has 96 valence electrons. The van der Waals surface area contributed by atoms with Gasteiger partial charge < -0.3 is 9.84 Å². The number of aliphatic hydroxyl groups excluding tert-OH is 1. The summed E-state index contributed by atoms with van der Waals surface area (Å²) in [7, 11) is 1.62. The number of ether oxygens (including phenoxy) is 1. The topological polar surface area (TPSA) is 59.7 Å². The van der Waals surface area contributed by atoms with Gasteiger partial charge in [0.25, 0.3) is 0 Å². The molecule has 0 amide bonds. The van der Waals surface area contributed by atoms with Crippen molar-refractivity contribution in [3.8, 4) is 17.0 Å². The molecule has 0 atom stereocenters. The zero-order valence-electron chi connectivity index (χ0n) is 10.4. The zero-order valence-corrected chi connectivity index (χ0v) is 10.4. The predicted octanol–water partition coefficient (Wildman–Crippen LogP) is 1.90. The van der Waals surface area contributed by atoms with E-state index in [9.17, 15) is 5.11 Å². The predicted molar refractivity (Wildman–Crippen MR) is 70.9 cm³/mol. The number of hydrogen-bond donors (Lipinski definition) is 1. The molecule has 1 aromatic carbocycles. The summed E-state index contributed by atoms with van der Waals surface area (Å²) in [6.45, 7) is -0.104. The fourth-order valence-electron chi connectivity index (χ4n) is 2.08. The molecule has 0 spiro atoms. The molecule has 0 aliphatic carbocycles. The lowest BCUT2D eigenvalue weighted by molar-refractivity contribution is 0.283. The Kier molecular flexibility index (Phi) is 2.89. The lowest BCUT2D eigenvalue weighted by atomic mass is 10.1. The van der Waals surface area contributed by atoms with E-state index in [-0.39, 0.29) is 6.61 Å². The van der Waals surface area contributed by atoms with Gasteiger partial charge in [0.2, 0.25) is 0 Å². The third-order valence-corrected chi connectivity index (χ3v) is 2.99. The number of benzene rings is 1. The maximum atomic E-state index is 9.57. The average molecular weight is 255 g/mol. The Morgan fingerprint density at radius 3 is 3.00 bits per heavy atom. The van der Waals surface area contributed by atoms with Gasteiger partial charge in [0.1, 0.15) is 11.4 Å². The van der Waals surface area contributed by atoms with E-state index < -0.39 is 0 Å². The highest BCUT2D eigenvalue weighted by atomic mass is 16.5. The molecule has 0 aliphatic rings. The van der Waals surface area contributed by atoms with Gasteiger partial charge in [-0.05, 0) is 18.2 Å². The molecule has 19 heavy (non-hydrogen) atoms. The Balaban J connectivity index is 2.23. The third kappa shape index (κ3) is 1.94. The average Bonchev–Trinajstić information content (AvgIpc) is 2.86. The summed E-state index contributed by atoms with van der Waals surface area (Å²) in [5.41, 5.74) is 3.01. The zero-order chi connectivity index (χ0) is 13.2. The quantitative estimate of drug-likeness (QED) is 0.776. The lowest BCUT2D eigenvalue weighted by Gasteiger charge is -2.03. The van der Waals surface area contributed by atoms with Gasteiger partial charge in [0, 0.05) is 18.0 Å². The number of aliphatic hydroxyl groups is 1. The molecule has 0 radical (unpaired) electrons. The highest BCUT2D eigenvalue weighted by Crippen LogP contribution is 2.27. The van der Waals surface area contributed by atoms with Crippen molar-refractivity contribution in [3.05, 3.63) is 48.3 Å². The van der Waals surface area contributed by atoms with Crippen LogP contribution in [0.25, 0.3) is 16.9 Å². The van der Waals surface area contributed by atoms with E-state index in [0.29, 0.717) is 11.2 Å². The lowest BCUT2D eigenvalue weighted by Crippen LogP contribution is -1.89. The van der Waals surface area contributed by atoms with Crippen LogP contribution in [0.1, 0.15) is 5.56 Å². The number of aromatic nitrogens is 3. The monoisotopic (exact) mass is 255 g/mol. The Bertz CT molecular complexity index is 722. The number of nitrogens with zero attached hydrogens (tertiary/aromatic N) is 3. The maximum Gasteiger partial charge on any atom is 0.161 e. The second-order valence-corrected chi connectivity index (χ2v) is 4.11. The van der Waals surface area contributed by atoms with E-state index in [2.05, 4.69) is 10.1 Å². The number of methoxy groups -OCH3 is 1. The Morgan fingerprint density at radius 2 is 2.21 bits per heavy atom. The summed E-state index contributed by atoms with van der Waals surface area (Å²) in [5, 5.41) is 14.0. The number of fused-ring (bicyclic) bond motifs is 1. The molecular formula is C14H13N3O2. The molecule has 0 bridgehead atoms. The molecule has 0 unspecified atom stereocenters. The summed E-state index contributed by atoms with van der Waals surface area (Å²) >= 11 is 0. The molecule has 1 N–H and O–H groups in total. The van der Waals surface area contributed by atoms with Crippen molar-refractivity contribution in [2.45, 2.75) is 6.61 Å².